The lowest BCUT2D eigenvalue weighted by atomic mass is 9.93. The molecule has 0 N–H and O–H groups in total. The van der Waals surface area contributed by atoms with Gasteiger partial charge in [-0.3, -0.25) is 13.9 Å². The van der Waals surface area contributed by atoms with Gasteiger partial charge in [0, 0.05) is 20.1 Å². The Labute approximate surface area is 192 Å². The first-order chi connectivity index (χ1) is 14.8. The SMILES string of the molecule is Cc1ccc(S(=O)(=O)OCCC2CCN(C(=O)[C@H](C)N(C)C(=O)OC(C)(C)C)CC2)cc1. The van der Waals surface area contributed by atoms with Gasteiger partial charge in [-0.05, 0) is 71.9 Å². The second-order valence-corrected chi connectivity index (χ2v) is 11.0. The maximum Gasteiger partial charge on any atom is 0.410 e. The topological polar surface area (TPSA) is 93.2 Å². The molecule has 1 aromatic rings. The van der Waals surface area contributed by atoms with Crippen molar-refractivity contribution in [3.63, 3.8) is 0 Å². The van der Waals surface area contributed by atoms with Crippen LogP contribution in [-0.4, -0.2) is 68.6 Å². The van der Waals surface area contributed by atoms with Crippen molar-refractivity contribution in [2.45, 2.75) is 70.4 Å². The first kappa shape index (κ1) is 26.1. The molecule has 1 fully saturated rings. The fraction of sp³-hybridized carbons (Fsp3) is 0.652. The van der Waals surface area contributed by atoms with Crippen LogP contribution in [0.25, 0.3) is 0 Å². The molecule has 0 aliphatic carbocycles. The molecule has 1 aliphatic rings. The number of hydrogen-bond acceptors (Lipinski definition) is 6. The average molecular weight is 469 g/mol. The molecule has 1 atom stereocenters. The third-order valence-electron chi connectivity index (χ3n) is 5.62. The number of ether oxygens (including phenoxy) is 1. The summed E-state index contributed by atoms with van der Waals surface area (Å²) in [6, 6.07) is 5.95. The predicted molar refractivity (Wildman–Crippen MR) is 122 cm³/mol. The van der Waals surface area contributed by atoms with Crippen molar-refractivity contribution in [3.05, 3.63) is 29.8 Å². The predicted octanol–water partition coefficient (Wildman–Crippen LogP) is 3.58. The van der Waals surface area contributed by atoms with Gasteiger partial charge in [0.1, 0.15) is 11.6 Å². The Kier molecular flexibility index (Phi) is 8.70. The maximum atomic E-state index is 12.8. The van der Waals surface area contributed by atoms with Crippen LogP contribution in [0, 0.1) is 12.8 Å². The van der Waals surface area contributed by atoms with E-state index in [-0.39, 0.29) is 23.3 Å². The number of piperidine rings is 1. The summed E-state index contributed by atoms with van der Waals surface area (Å²) in [4.78, 5) is 28.3. The van der Waals surface area contributed by atoms with E-state index in [1.165, 1.54) is 4.90 Å². The highest BCUT2D eigenvalue weighted by molar-refractivity contribution is 7.86. The Morgan fingerprint density at radius 2 is 1.72 bits per heavy atom. The molecule has 1 saturated heterocycles. The molecule has 0 unspecified atom stereocenters. The van der Waals surface area contributed by atoms with E-state index in [0.717, 1.165) is 18.4 Å². The lowest BCUT2D eigenvalue weighted by molar-refractivity contribution is -0.137. The van der Waals surface area contributed by atoms with E-state index >= 15 is 0 Å². The molecule has 180 valence electrons. The summed E-state index contributed by atoms with van der Waals surface area (Å²) in [5.74, 6) is 0.168. The van der Waals surface area contributed by atoms with E-state index in [2.05, 4.69) is 0 Å². The van der Waals surface area contributed by atoms with E-state index in [1.54, 1.807) is 63.9 Å². The van der Waals surface area contributed by atoms with Crippen molar-refractivity contribution >= 4 is 22.1 Å². The smallest absolute Gasteiger partial charge is 0.410 e. The molecule has 0 spiro atoms. The van der Waals surface area contributed by atoms with Crippen molar-refractivity contribution < 1.29 is 26.9 Å². The molecule has 1 aliphatic heterocycles. The Balaban J connectivity index is 1.78. The summed E-state index contributed by atoms with van der Waals surface area (Å²) >= 11 is 0. The van der Waals surface area contributed by atoms with Crippen molar-refractivity contribution in [1.29, 1.82) is 0 Å². The minimum atomic E-state index is -3.76. The minimum Gasteiger partial charge on any atom is -0.444 e. The van der Waals surface area contributed by atoms with E-state index in [4.69, 9.17) is 8.92 Å². The molecule has 0 bridgehead atoms. The summed E-state index contributed by atoms with van der Waals surface area (Å²) in [7, 11) is -2.19. The zero-order chi connectivity index (χ0) is 24.1. The quantitative estimate of drug-likeness (QED) is 0.568. The van der Waals surface area contributed by atoms with Crippen LogP contribution in [0.4, 0.5) is 4.79 Å². The van der Waals surface area contributed by atoms with Gasteiger partial charge >= 0.3 is 6.09 Å². The Hall–Kier alpha value is -2.13. The molecule has 1 aromatic carbocycles. The van der Waals surface area contributed by atoms with Gasteiger partial charge in [-0.1, -0.05) is 17.7 Å². The Morgan fingerprint density at radius 3 is 2.25 bits per heavy atom. The molecule has 0 radical (unpaired) electrons. The molecule has 9 heteroatoms. The number of carbonyl (C=O) groups is 2. The molecule has 2 amide bonds. The largest absolute Gasteiger partial charge is 0.444 e. The van der Waals surface area contributed by atoms with E-state index in [9.17, 15) is 18.0 Å². The zero-order valence-electron chi connectivity index (χ0n) is 20.0. The van der Waals surface area contributed by atoms with Gasteiger partial charge in [0.05, 0.1) is 11.5 Å². The number of likely N-dealkylation sites (N-methyl/N-ethyl adjacent to an activating group) is 1. The molecule has 32 heavy (non-hydrogen) atoms. The highest BCUT2D eigenvalue weighted by atomic mass is 32.2. The summed E-state index contributed by atoms with van der Waals surface area (Å²) in [6.07, 6.45) is 1.62. The van der Waals surface area contributed by atoms with Gasteiger partial charge in [-0.15, -0.1) is 0 Å². The molecular formula is C23H36N2O6S. The highest BCUT2D eigenvalue weighted by Gasteiger charge is 2.31. The minimum absolute atomic E-state index is 0.116. The van der Waals surface area contributed by atoms with Crippen molar-refractivity contribution in [1.82, 2.24) is 9.80 Å². The van der Waals surface area contributed by atoms with Crippen molar-refractivity contribution in [2.75, 3.05) is 26.7 Å². The van der Waals surface area contributed by atoms with Crippen LogP contribution >= 0.6 is 0 Å². The standard InChI is InChI=1S/C23H36N2O6S/c1-17-7-9-20(10-8-17)32(28,29)30-16-13-19-11-14-25(15-12-19)21(26)18(2)24(6)22(27)31-23(3,4)5/h7-10,18-19H,11-16H2,1-6H3/t18-/m0/s1. The number of aryl methyl sites for hydroxylation is 1. The Bertz CT molecular complexity index is 884. The van der Waals surface area contributed by atoms with E-state index < -0.39 is 27.9 Å². The number of hydrogen-bond donors (Lipinski definition) is 0. The fourth-order valence-electron chi connectivity index (χ4n) is 3.46. The van der Waals surface area contributed by atoms with Crippen LogP contribution in [0.15, 0.2) is 29.2 Å². The summed E-state index contributed by atoms with van der Waals surface area (Å²) < 4.78 is 35.1. The fourth-order valence-corrected chi connectivity index (χ4v) is 4.38. The number of likely N-dealkylation sites (tertiary alicyclic amines) is 1. The highest BCUT2D eigenvalue weighted by Crippen LogP contribution is 2.23. The number of rotatable bonds is 7. The first-order valence-electron chi connectivity index (χ1n) is 11.0. The second-order valence-electron chi connectivity index (χ2n) is 9.41. The van der Waals surface area contributed by atoms with Crippen LogP contribution in [0.2, 0.25) is 0 Å². The lowest BCUT2D eigenvalue weighted by Crippen LogP contribution is -2.50. The Morgan fingerprint density at radius 1 is 1.16 bits per heavy atom. The number of benzene rings is 1. The summed E-state index contributed by atoms with van der Waals surface area (Å²) in [5, 5.41) is 0. The third kappa shape index (κ3) is 7.48. The normalized spacial score (nSPS) is 16.5. The lowest BCUT2D eigenvalue weighted by Gasteiger charge is -2.36. The first-order valence-corrected chi connectivity index (χ1v) is 12.4. The van der Waals surface area contributed by atoms with Crippen LogP contribution in [0.5, 0.6) is 0 Å². The average Bonchev–Trinajstić information content (AvgIpc) is 2.71. The van der Waals surface area contributed by atoms with Gasteiger partial charge in [0.15, 0.2) is 0 Å². The monoisotopic (exact) mass is 468 g/mol. The van der Waals surface area contributed by atoms with Gasteiger partial charge < -0.3 is 9.64 Å². The maximum absolute atomic E-state index is 12.8. The van der Waals surface area contributed by atoms with E-state index in [1.807, 2.05) is 6.92 Å². The number of nitrogens with zero attached hydrogens (tertiary/aromatic N) is 2. The molecule has 1 heterocycles. The van der Waals surface area contributed by atoms with Crippen LogP contribution in [0.3, 0.4) is 0 Å². The molecular weight excluding hydrogens is 432 g/mol. The summed E-state index contributed by atoms with van der Waals surface area (Å²) in [6.45, 7) is 10.2. The molecule has 0 aromatic heterocycles. The van der Waals surface area contributed by atoms with Crippen molar-refractivity contribution in [3.8, 4) is 0 Å². The van der Waals surface area contributed by atoms with Crippen LogP contribution < -0.4 is 0 Å². The third-order valence-corrected chi connectivity index (χ3v) is 6.95. The van der Waals surface area contributed by atoms with Crippen molar-refractivity contribution in [2.24, 2.45) is 5.92 Å². The molecule has 2 rings (SSSR count). The van der Waals surface area contributed by atoms with Gasteiger partial charge in [0.2, 0.25) is 5.91 Å². The molecule has 0 saturated carbocycles. The van der Waals surface area contributed by atoms with Gasteiger partial charge in [-0.2, -0.15) is 8.42 Å². The number of amides is 2. The zero-order valence-corrected chi connectivity index (χ0v) is 20.8. The molecule has 8 nitrogen and oxygen atoms in total. The van der Waals surface area contributed by atoms with Gasteiger partial charge in [-0.25, -0.2) is 4.79 Å². The second kappa shape index (κ2) is 10.7. The van der Waals surface area contributed by atoms with E-state index in [0.29, 0.717) is 19.5 Å². The van der Waals surface area contributed by atoms with Crippen LogP contribution in [0.1, 0.15) is 52.5 Å². The van der Waals surface area contributed by atoms with Gasteiger partial charge in [0.25, 0.3) is 10.1 Å². The number of carbonyl (C=O) groups excluding carboxylic acids is 2. The summed E-state index contributed by atoms with van der Waals surface area (Å²) in [5.41, 5.74) is 0.360. The van der Waals surface area contributed by atoms with Crippen LogP contribution in [-0.2, 0) is 23.8 Å².